The number of ether oxygens (including phenoxy) is 2. The highest BCUT2D eigenvalue weighted by Gasteiger charge is 2.38. The van der Waals surface area contributed by atoms with Crippen molar-refractivity contribution in [3.8, 4) is 5.75 Å². The van der Waals surface area contributed by atoms with E-state index in [1.54, 1.807) is 13.0 Å². The van der Waals surface area contributed by atoms with Gasteiger partial charge in [0.1, 0.15) is 12.4 Å². The van der Waals surface area contributed by atoms with Crippen LogP contribution in [0.15, 0.2) is 72.5 Å². The summed E-state index contributed by atoms with van der Waals surface area (Å²) in [5.41, 5.74) is 3.75. The fourth-order valence-corrected chi connectivity index (χ4v) is 3.56. The van der Waals surface area contributed by atoms with Crippen molar-refractivity contribution >= 4 is 12.0 Å². The summed E-state index contributed by atoms with van der Waals surface area (Å²) >= 11 is 0. The van der Waals surface area contributed by atoms with Gasteiger partial charge in [-0.1, -0.05) is 48.0 Å². The van der Waals surface area contributed by atoms with Crippen LogP contribution in [0.5, 0.6) is 5.75 Å². The van der Waals surface area contributed by atoms with E-state index in [9.17, 15) is 9.59 Å². The number of nitrogens with one attached hydrogen (secondary N) is 1. The van der Waals surface area contributed by atoms with Gasteiger partial charge in [0.15, 0.2) is 0 Å². The first-order valence-electron chi connectivity index (χ1n) is 10.3. The second-order valence-electron chi connectivity index (χ2n) is 7.32. The Bertz CT molecular complexity index is 995. The van der Waals surface area contributed by atoms with Crippen LogP contribution in [0.4, 0.5) is 4.79 Å². The maximum Gasteiger partial charge on any atom is 0.338 e. The molecule has 0 spiro atoms. The third kappa shape index (κ3) is 4.97. The zero-order chi connectivity index (χ0) is 22.4. The first kappa shape index (κ1) is 22.2. The lowest BCUT2D eigenvalue weighted by atomic mass is 9.91. The lowest BCUT2D eigenvalue weighted by molar-refractivity contribution is -0.139. The first-order valence-corrected chi connectivity index (χ1v) is 10.3. The summed E-state index contributed by atoms with van der Waals surface area (Å²) in [7, 11) is 0. The van der Waals surface area contributed by atoms with Crippen molar-refractivity contribution in [2.24, 2.45) is 0 Å². The molecule has 1 atom stereocenters. The number of hydrogen-bond donors (Lipinski definition) is 1. The molecule has 0 unspecified atom stereocenters. The quantitative estimate of drug-likeness (QED) is 0.506. The van der Waals surface area contributed by atoms with Crippen molar-refractivity contribution < 1.29 is 19.1 Å². The average molecular weight is 421 g/mol. The van der Waals surface area contributed by atoms with Gasteiger partial charge in [-0.3, -0.25) is 4.90 Å². The van der Waals surface area contributed by atoms with Crippen molar-refractivity contribution in [1.29, 1.82) is 0 Å². The Labute approximate surface area is 183 Å². The van der Waals surface area contributed by atoms with Crippen molar-refractivity contribution in [3.63, 3.8) is 0 Å². The molecular formula is C25H28N2O4. The molecule has 2 aromatic rings. The van der Waals surface area contributed by atoms with Gasteiger partial charge < -0.3 is 14.8 Å². The first-order chi connectivity index (χ1) is 15.0. The van der Waals surface area contributed by atoms with Gasteiger partial charge in [0, 0.05) is 6.54 Å². The lowest BCUT2D eigenvalue weighted by Gasteiger charge is -2.36. The molecule has 6 heteroatoms. The van der Waals surface area contributed by atoms with Gasteiger partial charge in [-0.05, 0) is 44.0 Å². The number of esters is 1. The summed E-state index contributed by atoms with van der Waals surface area (Å²) in [6.45, 7) is 9.95. The molecule has 0 saturated heterocycles. The smallest absolute Gasteiger partial charge is 0.338 e. The number of carbonyl (C=O) groups excluding carboxylic acids is 2. The molecule has 0 aliphatic carbocycles. The summed E-state index contributed by atoms with van der Waals surface area (Å²) < 4.78 is 11.4. The van der Waals surface area contributed by atoms with E-state index in [1.165, 1.54) is 4.90 Å². The van der Waals surface area contributed by atoms with Crippen LogP contribution in [0.25, 0.3) is 0 Å². The zero-order valence-corrected chi connectivity index (χ0v) is 18.2. The topological polar surface area (TPSA) is 67.9 Å². The van der Waals surface area contributed by atoms with Gasteiger partial charge in [-0.15, -0.1) is 6.58 Å². The number of benzene rings is 2. The Balaban J connectivity index is 2.10. The van der Waals surface area contributed by atoms with Crippen molar-refractivity contribution in [2.75, 3.05) is 19.8 Å². The summed E-state index contributed by atoms with van der Waals surface area (Å²) in [5, 5.41) is 2.96. The maximum absolute atomic E-state index is 13.1. The van der Waals surface area contributed by atoms with E-state index in [-0.39, 0.29) is 25.8 Å². The second kappa shape index (κ2) is 9.98. The Kier molecular flexibility index (Phi) is 7.13. The lowest BCUT2D eigenvalue weighted by Crippen LogP contribution is -2.50. The zero-order valence-electron chi connectivity index (χ0n) is 18.2. The molecule has 162 valence electrons. The van der Waals surface area contributed by atoms with Gasteiger partial charge >= 0.3 is 12.0 Å². The normalized spacial score (nSPS) is 16.0. The van der Waals surface area contributed by atoms with Crippen LogP contribution in [-0.4, -0.2) is 36.7 Å². The molecule has 0 bridgehead atoms. The van der Waals surface area contributed by atoms with Crippen LogP contribution in [0.3, 0.4) is 0 Å². The van der Waals surface area contributed by atoms with Crippen LogP contribution in [0.2, 0.25) is 0 Å². The summed E-state index contributed by atoms with van der Waals surface area (Å²) in [6.07, 6.45) is 1.61. The molecule has 31 heavy (non-hydrogen) atoms. The molecule has 3 rings (SSSR count). The molecule has 6 nitrogen and oxygen atoms in total. The van der Waals surface area contributed by atoms with Gasteiger partial charge in [-0.2, -0.15) is 0 Å². The third-order valence-corrected chi connectivity index (χ3v) is 5.14. The number of hydrogen-bond acceptors (Lipinski definition) is 4. The monoisotopic (exact) mass is 420 g/mol. The maximum atomic E-state index is 13.1. The fourth-order valence-electron chi connectivity index (χ4n) is 3.56. The molecule has 1 heterocycles. The Morgan fingerprint density at radius 3 is 2.52 bits per heavy atom. The van der Waals surface area contributed by atoms with Crippen molar-refractivity contribution in [3.05, 3.63) is 89.1 Å². The van der Waals surface area contributed by atoms with Crippen molar-refractivity contribution in [2.45, 2.75) is 26.8 Å². The molecule has 2 aromatic carbocycles. The van der Waals surface area contributed by atoms with Crippen LogP contribution in [0.1, 0.15) is 29.7 Å². The molecule has 0 fully saturated rings. The molecule has 0 radical (unpaired) electrons. The van der Waals surface area contributed by atoms with E-state index in [2.05, 4.69) is 11.9 Å². The molecule has 0 aromatic heterocycles. The molecule has 1 aliphatic rings. The molecule has 0 saturated carbocycles. The van der Waals surface area contributed by atoms with Crippen LogP contribution >= 0.6 is 0 Å². The van der Waals surface area contributed by atoms with Gasteiger partial charge in [0.05, 0.1) is 23.9 Å². The highest BCUT2D eigenvalue weighted by molar-refractivity contribution is 5.95. The second-order valence-corrected chi connectivity index (χ2v) is 7.32. The Morgan fingerprint density at radius 2 is 1.87 bits per heavy atom. The minimum atomic E-state index is -0.634. The van der Waals surface area contributed by atoms with E-state index in [0.29, 0.717) is 17.0 Å². The molecule has 2 amide bonds. The highest BCUT2D eigenvalue weighted by Crippen LogP contribution is 2.33. The molecule has 1 N–H and O–H groups in total. The fraction of sp³-hybridized carbons (Fsp3) is 0.280. The van der Waals surface area contributed by atoms with E-state index >= 15 is 0 Å². The number of aryl methyl sites for hydroxylation is 2. The number of urea groups is 1. The van der Waals surface area contributed by atoms with E-state index < -0.39 is 12.0 Å². The highest BCUT2D eigenvalue weighted by atomic mass is 16.5. The van der Waals surface area contributed by atoms with Gasteiger partial charge in [0.25, 0.3) is 0 Å². The predicted octanol–water partition coefficient (Wildman–Crippen LogP) is 4.45. The standard InChI is InChI=1S/C25H28N2O4/c1-5-15-27-21(16-31-19-13-11-17(3)12-14-19)22(24(28)30-6-2)23(26-25(27)29)20-10-8-7-9-18(20)4/h5,7-14,23H,1,6,15-16H2,2-4H3,(H,26,29)/t23-/m1/s1. The van der Waals surface area contributed by atoms with Crippen LogP contribution < -0.4 is 10.1 Å². The minimum absolute atomic E-state index is 0.0425. The van der Waals surface area contributed by atoms with Gasteiger partial charge in [0.2, 0.25) is 0 Å². The molecule has 1 aliphatic heterocycles. The Morgan fingerprint density at radius 1 is 1.16 bits per heavy atom. The number of carbonyl (C=O) groups is 2. The summed E-state index contributed by atoms with van der Waals surface area (Å²) in [6, 6.07) is 14.3. The summed E-state index contributed by atoms with van der Waals surface area (Å²) in [4.78, 5) is 27.5. The summed E-state index contributed by atoms with van der Waals surface area (Å²) in [5.74, 6) is 0.172. The number of amides is 2. The predicted molar refractivity (Wildman–Crippen MR) is 120 cm³/mol. The van der Waals surface area contributed by atoms with Crippen molar-refractivity contribution in [1.82, 2.24) is 10.2 Å². The minimum Gasteiger partial charge on any atom is -0.487 e. The largest absolute Gasteiger partial charge is 0.487 e. The van der Waals surface area contributed by atoms with Crippen LogP contribution in [0, 0.1) is 13.8 Å². The SMILES string of the molecule is C=CCN1C(=O)N[C@H](c2ccccc2C)C(C(=O)OCC)=C1COc1ccc(C)cc1. The van der Waals surface area contributed by atoms with Gasteiger partial charge in [-0.25, -0.2) is 9.59 Å². The molecular weight excluding hydrogens is 392 g/mol. The number of rotatable bonds is 8. The number of nitrogens with zero attached hydrogens (tertiary/aromatic N) is 1. The van der Waals surface area contributed by atoms with Crippen LogP contribution in [-0.2, 0) is 9.53 Å². The Hall–Kier alpha value is -3.54. The third-order valence-electron chi connectivity index (χ3n) is 5.14. The van der Waals surface area contributed by atoms with E-state index in [0.717, 1.165) is 16.7 Å². The average Bonchev–Trinajstić information content (AvgIpc) is 2.75. The van der Waals surface area contributed by atoms with E-state index in [4.69, 9.17) is 9.47 Å². The van der Waals surface area contributed by atoms with E-state index in [1.807, 2.05) is 62.4 Å².